The van der Waals surface area contributed by atoms with Crippen LogP contribution in [0.4, 0.5) is 0 Å². The number of carbonyl (C=O) groups excluding carboxylic acids is 1. The maximum atomic E-state index is 12.8. The van der Waals surface area contributed by atoms with Crippen LogP contribution in [0.25, 0.3) is 0 Å². The average molecular weight is 370 g/mol. The summed E-state index contributed by atoms with van der Waals surface area (Å²) < 4.78 is 10.9. The lowest BCUT2D eigenvalue weighted by Gasteiger charge is -2.21. The Labute approximate surface area is 157 Å². The number of nitrogens with zero attached hydrogens (tertiary/aromatic N) is 2. The molecule has 1 aliphatic heterocycles. The molecule has 2 heterocycles. The number of pyridine rings is 1. The lowest BCUT2D eigenvalue weighted by Crippen LogP contribution is -2.40. The van der Waals surface area contributed by atoms with E-state index in [0.29, 0.717) is 17.7 Å². The molecule has 7 nitrogen and oxygen atoms in total. The van der Waals surface area contributed by atoms with Crippen LogP contribution in [0, 0.1) is 6.92 Å². The van der Waals surface area contributed by atoms with Crippen LogP contribution in [-0.4, -0.2) is 52.7 Å². The van der Waals surface area contributed by atoms with E-state index in [2.05, 4.69) is 4.98 Å². The van der Waals surface area contributed by atoms with Crippen molar-refractivity contribution in [3.63, 3.8) is 0 Å². The Hall–Kier alpha value is -2.93. The van der Waals surface area contributed by atoms with Gasteiger partial charge in [0.15, 0.2) is 0 Å². The van der Waals surface area contributed by atoms with Crippen LogP contribution in [0.1, 0.15) is 28.0 Å². The van der Waals surface area contributed by atoms with Gasteiger partial charge < -0.3 is 19.5 Å². The van der Waals surface area contributed by atoms with Crippen molar-refractivity contribution in [3.05, 3.63) is 59.4 Å². The van der Waals surface area contributed by atoms with Gasteiger partial charge in [-0.3, -0.25) is 9.78 Å². The third-order valence-electron chi connectivity index (χ3n) is 4.61. The second-order valence-electron chi connectivity index (χ2n) is 6.53. The zero-order chi connectivity index (χ0) is 19.4. The Morgan fingerprint density at radius 2 is 2.11 bits per heavy atom. The largest absolute Gasteiger partial charge is 0.487 e. The van der Waals surface area contributed by atoms with Crippen molar-refractivity contribution in [1.29, 1.82) is 0 Å². The number of likely N-dealkylation sites (tertiary alicyclic amines) is 1. The molecule has 0 saturated carbocycles. The maximum absolute atomic E-state index is 12.8. The van der Waals surface area contributed by atoms with Crippen molar-refractivity contribution < 1.29 is 24.2 Å². The molecule has 1 aliphatic rings. The quantitative estimate of drug-likeness (QED) is 0.839. The van der Waals surface area contributed by atoms with E-state index in [9.17, 15) is 14.7 Å². The number of aryl methyl sites for hydroxylation is 1. The molecule has 3 rings (SSSR count). The standard InChI is InChI=1S/C20H22N2O5/c1-13-6-7-16(10-21-13)27-12-14-4-3-5-15(8-14)19(23)22-11-17(26-2)9-18(22)20(24)25/h3-8,10,17-18H,9,11-12H2,1-2H3,(H,24,25). The van der Waals surface area contributed by atoms with E-state index in [0.717, 1.165) is 11.3 Å². The predicted octanol–water partition coefficient (Wildman–Crippen LogP) is 2.28. The van der Waals surface area contributed by atoms with Gasteiger partial charge in [0.2, 0.25) is 0 Å². The fourth-order valence-corrected chi connectivity index (χ4v) is 3.09. The van der Waals surface area contributed by atoms with Gasteiger partial charge in [-0.15, -0.1) is 0 Å². The number of aromatic nitrogens is 1. The highest BCUT2D eigenvalue weighted by atomic mass is 16.5. The minimum Gasteiger partial charge on any atom is -0.487 e. The van der Waals surface area contributed by atoms with E-state index in [1.165, 1.54) is 12.0 Å². The second kappa shape index (κ2) is 8.18. The first kappa shape index (κ1) is 18.8. The summed E-state index contributed by atoms with van der Waals surface area (Å²) >= 11 is 0. The first-order valence-corrected chi connectivity index (χ1v) is 8.69. The number of carboxylic acid groups (broad SMARTS) is 1. The Balaban J connectivity index is 1.71. The number of hydrogen-bond donors (Lipinski definition) is 1. The van der Waals surface area contributed by atoms with Crippen molar-refractivity contribution in [1.82, 2.24) is 9.88 Å². The summed E-state index contributed by atoms with van der Waals surface area (Å²) in [5.41, 5.74) is 2.15. The number of rotatable bonds is 6. The molecule has 0 aliphatic carbocycles. The summed E-state index contributed by atoms with van der Waals surface area (Å²) in [6.07, 6.45) is 1.67. The molecule has 1 aromatic heterocycles. The number of carbonyl (C=O) groups is 2. The molecule has 1 aromatic carbocycles. The van der Waals surface area contributed by atoms with E-state index in [4.69, 9.17) is 9.47 Å². The molecule has 0 spiro atoms. The Kier molecular flexibility index (Phi) is 5.71. The normalized spacial score (nSPS) is 19.1. The van der Waals surface area contributed by atoms with E-state index in [1.807, 2.05) is 25.1 Å². The molecule has 2 unspecified atom stereocenters. The summed E-state index contributed by atoms with van der Waals surface area (Å²) in [6.45, 7) is 2.45. The molecular weight excluding hydrogens is 348 g/mol. The number of ether oxygens (including phenoxy) is 2. The summed E-state index contributed by atoms with van der Waals surface area (Å²) in [7, 11) is 1.52. The van der Waals surface area contributed by atoms with Gasteiger partial charge in [-0.2, -0.15) is 0 Å². The van der Waals surface area contributed by atoms with Crippen LogP contribution >= 0.6 is 0 Å². The zero-order valence-corrected chi connectivity index (χ0v) is 15.3. The summed E-state index contributed by atoms with van der Waals surface area (Å²) in [4.78, 5) is 29.9. The molecule has 27 heavy (non-hydrogen) atoms. The Morgan fingerprint density at radius 3 is 2.78 bits per heavy atom. The van der Waals surface area contributed by atoms with E-state index in [1.54, 1.807) is 24.4 Å². The molecule has 1 amide bonds. The first-order chi connectivity index (χ1) is 13.0. The molecule has 7 heteroatoms. The SMILES string of the molecule is COC1CC(C(=O)O)N(C(=O)c2cccc(COc3ccc(C)nc3)c2)C1. The number of amides is 1. The topological polar surface area (TPSA) is 89.0 Å². The Bertz CT molecular complexity index is 821. The van der Waals surface area contributed by atoms with Crippen molar-refractivity contribution in [2.45, 2.75) is 32.1 Å². The van der Waals surface area contributed by atoms with Gasteiger partial charge in [-0.1, -0.05) is 12.1 Å². The van der Waals surface area contributed by atoms with E-state index < -0.39 is 12.0 Å². The number of aliphatic carboxylic acids is 1. The minimum absolute atomic E-state index is 0.266. The molecule has 2 aromatic rings. The molecule has 142 valence electrons. The maximum Gasteiger partial charge on any atom is 0.326 e. The number of carboxylic acids is 1. The highest BCUT2D eigenvalue weighted by Gasteiger charge is 2.40. The van der Waals surface area contributed by atoms with Gasteiger partial charge in [0.25, 0.3) is 5.91 Å². The van der Waals surface area contributed by atoms with Gasteiger partial charge in [0, 0.05) is 31.3 Å². The minimum atomic E-state index is -1.02. The molecule has 1 saturated heterocycles. The first-order valence-electron chi connectivity index (χ1n) is 8.69. The van der Waals surface area contributed by atoms with Gasteiger partial charge in [-0.25, -0.2) is 4.79 Å². The summed E-state index contributed by atoms with van der Waals surface area (Å²) in [6, 6.07) is 9.85. The highest BCUT2D eigenvalue weighted by Crippen LogP contribution is 2.23. The fourth-order valence-electron chi connectivity index (χ4n) is 3.09. The van der Waals surface area contributed by atoms with Crippen LogP contribution in [0.2, 0.25) is 0 Å². The van der Waals surface area contributed by atoms with Crippen LogP contribution in [0.5, 0.6) is 5.75 Å². The van der Waals surface area contributed by atoms with Gasteiger partial charge in [0.1, 0.15) is 18.4 Å². The van der Waals surface area contributed by atoms with Crippen molar-refractivity contribution in [2.75, 3.05) is 13.7 Å². The predicted molar refractivity (Wildman–Crippen MR) is 97.6 cm³/mol. The molecule has 0 radical (unpaired) electrons. The van der Waals surface area contributed by atoms with Crippen LogP contribution in [0.15, 0.2) is 42.6 Å². The van der Waals surface area contributed by atoms with Gasteiger partial charge >= 0.3 is 5.97 Å². The summed E-state index contributed by atoms with van der Waals surface area (Å²) in [5.74, 6) is -0.694. The van der Waals surface area contributed by atoms with Crippen LogP contribution < -0.4 is 4.74 Å². The smallest absolute Gasteiger partial charge is 0.326 e. The average Bonchev–Trinajstić information content (AvgIpc) is 3.12. The van der Waals surface area contributed by atoms with Crippen molar-refractivity contribution >= 4 is 11.9 Å². The van der Waals surface area contributed by atoms with Gasteiger partial charge in [-0.05, 0) is 36.8 Å². The number of hydrogen-bond acceptors (Lipinski definition) is 5. The zero-order valence-electron chi connectivity index (χ0n) is 15.3. The third kappa shape index (κ3) is 4.43. The lowest BCUT2D eigenvalue weighted by atomic mass is 10.1. The molecule has 1 fully saturated rings. The molecular formula is C20H22N2O5. The fraction of sp³-hybridized carbons (Fsp3) is 0.350. The summed E-state index contributed by atoms with van der Waals surface area (Å²) in [5, 5.41) is 9.40. The van der Waals surface area contributed by atoms with E-state index >= 15 is 0 Å². The molecule has 2 atom stereocenters. The Morgan fingerprint density at radius 1 is 1.30 bits per heavy atom. The van der Waals surface area contributed by atoms with E-state index in [-0.39, 0.29) is 25.2 Å². The molecule has 1 N–H and O–H groups in total. The van der Waals surface area contributed by atoms with Crippen LogP contribution in [0.3, 0.4) is 0 Å². The number of benzene rings is 1. The lowest BCUT2D eigenvalue weighted by molar-refractivity contribution is -0.141. The monoisotopic (exact) mass is 370 g/mol. The molecule has 0 bridgehead atoms. The van der Waals surface area contributed by atoms with Gasteiger partial charge in [0.05, 0.1) is 12.3 Å². The highest BCUT2D eigenvalue weighted by molar-refractivity contribution is 5.97. The van der Waals surface area contributed by atoms with Crippen LogP contribution in [-0.2, 0) is 16.1 Å². The second-order valence-corrected chi connectivity index (χ2v) is 6.53. The third-order valence-corrected chi connectivity index (χ3v) is 4.61. The van der Waals surface area contributed by atoms with Crippen molar-refractivity contribution in [3.8, 4) is 5.75 Å². The number of methoxy groups -OCH3 is 1. The van der Waals surface area contributed by atoms with Crippen molar-refractivity contribution in [2.24, 2.45) is 0 Å².